The van der Waals surface area contributed by atoms with Crippen molar-refractivity contribution in [2.45, 2.75) is 13.5 Å². The first-order valence-electron chi connectivity index (χ1n) is 4.12. The van der Waals surface area contributed by atoms with E-state index in [-0.39, 0.29) is 0 Å². The van der Waals surface area contributed by atoms with Gasteiger partial charge in [0.1, 0.15) is 6.33 Å². The third-order valence-corrected chi connectivity index (χ3v) is 2.24. The fraction of sp³-hybridized carbons (Fsp3) is 0.250. The second-order valence-electron chi connectivity index (χ2n) is 2.75. The minimum Gasteiger partial charge on any atom is -0.355 e. The third-order valence-electron chi connectivity index (χ3n) is 1.62. The van der Waals surface area contributed by atoms with Gasteiger partial charge in [-0.15, -0.1) is 0 Å². The van der Waals surface area contributed by atoms with Crippen LogP contribution in [-0.2, 0) is 6.54 Å². The van der Waals surface area contributed by atoms with Gasteiger partial charge in [-0.25, -0.2) is 4.98 Å². The van der Waals surface area contributed by atoms with Crippen molar-refractivity contribution in [3.63, 3.8) is 0 Å². The molecule has 2 aromatic rings. The molecule has 0 unspecified atom stereocenters. The lowest BCUT2D eigenvalue weighted by atomic mass is 10.4. The van der Waals surface area contributed by atoms with Crippen molar-refractivity contribution >= 4 is 16.7 Å². The standard InChI is InChI=1S/C8H9N5S/c1-6-2-10-7(3-9-6)4-11-8-12-5-13-14-8/h2-3,5H,4H2,1H3,(H,11,12,13). The van der Waals surface area contributed by atoms with Gasteiger partial charge >= 0.3 is 0 Å². The van der Waals surface area contributed by atoms with Gasteiger partial charge in [-0.05, 0) is 6.92 Å². The molecule has 2 aromatic heterocycles. The van der Waals surface area contributed by atoms with Crippen LogP contribution in [-0.4, -0.2) is 19.3 Å². The molecule has 2 rings (SSSR count). The van der Waals surface area contributed by atoms with Crippen LogP contribution in [0.15, 0.2) is 18.7 Å². The summed E-state index contributed by atoms with van der Waals surface area (Å²) >= 11 is 1.32. The van der Waals surface area contributed by atoms with Crippen molar-refractivity contribution in [3.05, 3.63) is 30.1 Å². The number of rotatable bonds is 3. The van der Waals surface area contributed by atoms with Gasteiger partial charge in [0, 0.05) is 17.7 Å². The zero-order chi connectivity index (χ0) is 9.80. The molecule has 0 radical (unpaired) electrons. The predicted molar refractivity (Wildman–Crippen MR) is 54.0 cm³/mol. The van der Waals surface area contributed by atoms with Crippen LogP contribution < -0.4 is 5.32 Å². The zero-order valence-electron chi connectivity index (χ0n) is 7.64. The summed E-state index contributed by atoms with van der Waals surface area (Å²) in [6.45, 7) is 2.54. The molecule has 6 heteroatoms. The first-order valence-corrected chi connectivity index (χ1v) is 4.90. The van der Waals surface area contributed by atoms with Crippen LogP contribution in [0.5, 0.6) is 0 Å². The van der Waals surface area contributed by atoms with Gasteiger partial charge in [0.05, 0.1) is 24.1 Å². The van der Waals surface area contributed by atoms with Gasteiger partial charge < -0.3 is 5.32 Å². The molecule has 0 atom stereocenters. The smallest absolute Gasteiger partial charge is 0.202 e. The van der Waals surface area contributed by atoms with Gasteiger partial charge in [-0.2, -0.15) is 4.37 Å². The van der Waals surface area contributed by atoms with Gasteiger partial charge in [-0.1, -0.05) is 0 Å². The molecule has 0 aliphatic heterocycles. The van der Waals surface area contributed by atoms with Crippen molar-refractivity contribution in [3.8, 4) is 0 Å². The molecule has 0 amide bonds. The highest BCUT2D eigenvalue weighted by Crippen LogP contribution is 2.07. The lowest BCUT2D eigenvalue weighted by molar-refractivity contribution is 0.982. The molecular formula is C8H9N5S. The topological polar surface area (TPSA) is 63.6 Å². The Morgan fingerprint density at radius 2 is 2.21 bits per heavy atom. The largest absolute Gasteiger partial charge is 0.355 e. The van der Waals surface area contributed by atoms with E-state index in [1.54, 1.807) is 12.4 Å². The molecular weight excluding hydrogens is 198 g/mol. The molecule has 1 N–H and O–H groups in total. The van der Waals surface area contributed by atoms with Crippen LogP contribution in [0.1, 0.15) is 11.4 Å². The van der Waals surface area contributed by atoms with E-state index in [0.29, 0.717) is 6.54 Å². The highest BCUT2D eigenvalue weighted by Gasteiger charge is 1.97. The van der Waals surface area contributed by atoms with E-state index in [0.717, 1.165) is 16.5 Å². The Morgan fingerprint density at radius 3 is 2.86 bits per heavy atom. The first-order chi connectivity index (χ1) is 6.84. The molecule has 0 fully saturated rings. The minimum absolute atomic E-state index is 0.627. The Balaban J connectivity index is 1.95. The maximum Gasteiger partial charge on any atom is 0.202 e. The minimum atomic E-state index is 0.627. The maximum absolute atomic E-state index is 4.21. The monoisotopic (exact) mass is 207 g/mol. The molecule has 0 aromatic carbocycles. The number of hydrogen-bond acceptors (Lipinski definition) is 6. The fourth-order valence-electron chi connectivity index (χ4n) is 0.928. The van der Waals surface area contributed by atoms with E-state index in [1.165, 1.54) is 17.9 Å². The molecule has 0 saturated heterocycles. The van der Waals surface area contributed by atoms with E-state index in [1.807, 2.05) is 6.92 Å². The molecule has 2 heterocycles. The Morgan fingerprint density at radius 1 is 1.29 bits per heavy atom. The summed E-state index contributed by atoms with van der Waals surface area (Å²) in [4.78, 5) is 12.4. The van der Waals surface area contributed by atoms with Gasteiger partial charge in [0.2, 0.25) is 5.13 Å². The van der Waals surface area contributed by atoms with Crippen molar-refractivity contribution in [2.24, 2.45) is 0 Å². The molecule has 0 aliphatic rings. The van der Waals surface area contributed by atoms with E-state index in [9.17, 15) is 0 Å². The number of hydrogen-bond donors (Lipinski definition) is 1. The summed E-state index contributed by atoms with van der Waals surface area (Å²) in [7, 11) is 0. The van der Waals surface area contributed by atoms with Gasteiger partial charge in [-0.3, -0.25) is 9.97 Å². The van der Waals surface area contributed by atoms with Crippen molar-refractivity contribution in [1.29, 1.82) is 0 Å². The Labute approximate surface area is 85.4 Å². The summed E-state index contributed by atoms with van der Waals surface area (Å²) < 4.78 is 3.88. The van der Waals surface area contributed by atoms with Crippen molar-refractivity contribution in [2.75, 3.05) is 5.32 Å². The summed E-state index contributed by atoms with van der Waals surface area (Å²) in [5.74, 6) is 0. The molecule has 5 nitrogen and oxygen atoms in total. The Hall–Kier alpha value is -1.56. The molecule has 0 saturated carbocycles. The second kappa shape index (κ2) is 4.10. The highest BCUT2D eigenvalue weighted by atomic mass is 32.1. The Bertz CT molecular complexity index is 383. The number of aryl methyl sites for hydroxylation is 1. The van der Waals surface area contributed by atoms with Crippen molar-refractivity contribution < 1.29 is 0 Å². The Kier molecular flexibility index (Phi) is 2.64. The second-order valence-corrected chi connectivity index (χ2v) is 3.53. The summed E-state index contributed by atoms with van der Waals surface area (Å²) in [6.07, 6.45) is 5.02. The third kappa shape index (κ3) is 2.23. The average molecular weight is 207 g/mol. The van der Waals surface area contributed by atoms with Crippen LogP contribution in [0, 0.1) is 6.92 Å². The molecule has 0 aliphatic carbocycles. The summed E-state index contributed by atoms with van der Waals surface area (Å²) in [5.41, 5.74) is 1.82. The lowest BCUT2D eigenvalue weighted by Crippen LogP contribution is -2.01. The number of nitrogens with zero attached hydrogens (tertiary/aromatic N) is 4. The molecule has 72 valence electrons. The molecule has 0 bridgehead atoms. The number of aromatic nitrogens is 4. The van der Waals surface area contributed by atoms with E-state index >= 15 is 0 Å². The fourth-order valence-corrected chi connectivity index (χ4v) is 1.35. The van der Waals surface area contributed by atoms with Crippen LogP contribution in [0.3, 0.4) is 0 Å². The molecule has 0 spiro atoms. The van der Waals surface area contributed by atoms with Crippen LogP contribution in [0.25, 0.3) is 0 Å². The first kappa shape index (κ1) is 9.01. The highest BCUT2D eigenvalue weighted by molar-refractivity contribution is 7.09. The van der Waals surface area contributed by atoms with Crippen LogP contribution in [0.2, 0.25) is 0 Å². The van der Waals surface area contributed by atoms with Crippen LogP contribution in [0.4, 0.5) is 5.13 Å². The summed E-state index contributed by atoms with van der Waals surface area (Å²) in [6, 6.07) is 0. The quantitative estimate of drug-likeness (QED) is 0.820. The number of anilines is 1. The van der Waals surface area contributed by atoms with Crippen LogP contribution >= 0.6 is 11.5 Å². The van der Waals surface area contributed by atoms with E-state index in [4.69, 9.17) is 0 Å². The SMILES string of the molecule is Cc1cnc(CNc2ncns2)cn1. The predicted octanol–water partition coefficient (Wildman–Crippen LogP) is 1.25. The van der Waals surface area contributed by atoms with E-state index in [2.05, 4.69) is 24.6 Å². The summed E-state index contributed by atoms with van der Waals surface area (Å²) in [5, 5.41) is 3.90. The maximum atomic E-state index is 4.21. The van der Waals surface area contributed by atoms with Gasteiger partial charge in [0.25, 0.3) is 0 Å². The van der Waals surface area contributed by atoms with Crippen molar-refractivity contribution in [1.82, 2.24) is 19.3 Å². The normalized spacial score (nSPS) is 10.1. The number of nitrogens with one attached hydrogen (secondary N) is 1. The average Bonchev–Trinajstić information content (AvgIpc) is 2.70. The van der Waals surface area contributed by atoms with E-state index < -0.39 is 0 Å². The molecule has 14 heavy (non-hydrogen) atoms. The van der Waals surface area contributed by atoms with Gasteiger partial charge in [0.15, 0.2) is 0 Å². The lowest BCUT2D eigenvalue weighted by Gasteiger charge is -2.00. The zero-order valence-corrected chi connectivity index (χ0v) is 8.45.